The minimum Gasteiger partial charge on any atom is -0.465 e. The largest absolute Gasteiger partial charge is 0.465 e. The second kappa shape index (κ2) is 8.35. The molecule has 0 aromatic heterocycles. The van der Waals surface area contributed by atoms with Gasteiger partial charge >= 0.3 is 12.1 Å². The van der Waals surface area contributed by atoms with Gasteiger partial charge in [-0.25, -0.2) is 9.59 Å². The Bertz CT molecular complexity index is 838. The van der Waals surface area contributed by atoms with Gasteiger partial charge in [0.1, 0.15) is 5.60 Å². The van der Waals surface area contributed by atoms with Crippen molar-refractivity contribution in [1.29, 1.82) is 0 Å². The number of hydrogen-bond donors (Lipinski definition) is 2. The normalized spacial score (nSPS) is 10.7. The van der Waals surface area contributed by atoms with Crippen LogP contribution in [0.2, 0.25) is 0 Å². The Balaban J connectivity index is 2.12. The molecule has 0 radical (unpaired) electrons. The smallest absolute Gasteiger partial charge is 0.412 e. The van der Waals surface area contributed by atoms with Crippen molar-refractivity contribution in [2.45, 2.75) is 26.4 Å². The van der Waals surface area contributed by atoms with Crippen molar-refractivity contribution in [3.05, 3.63) is 59.7 Å². The van der Waals surface area contributed by atoms with Gasteiger partial charge in [0.15, 0.2) is 0 Å². The number of ether oxygens (including phenoxy) is 2. The van der Waals surface area contributed by atoms with E-state index >= 15 is 0 Å². The average molecular weight is 370 g/mol. The summed E-state index contributed by atoms with van der Waals surface area (Å²) >= 11 is 0. The monoisotopic (exact) mass is 370 g/mol. The van der Waals surface area contributed by atoms with E-state index in [1.807, 2.05) is 0 Å². The highest BCUT2D eigenvalue weighted by molar-refractivity contribution is 6.07. The molecule has 0 heterocycles. The van der Waals surface area contributed by atoms with Gasteiger partial charge in [-0.15, -0.1) is 0 Å². The van der Waals surface area contributed by atoms with Crippen LogP contribution in [0.5, 0.6) is 0 Å². The highest BCUT2D eigenvalue weighted by Gasteiger charge is 2.18. The van der Waals surface area contributed by atoms with Crippen LogP contribution in [0.4, 0.5) is 16.2 Å². The minimum absolute atomic E-state index is 0.348. The van der Waals surface area contributed by atoms with E-state index < -0.39 is 17.7 Å². The molecular weight excluding hydrogens is 348 g/mol. The Morgan fingerprint density at radius 3 is 1.85 bits per heavy atom. The third kappa shape index (κ3) is 5.85. The molecule has 0 aliphatic rings. The van der Waals surface area contributed by atoms with Gasteiger partial charge in [0.2, 0.25) is 0 Å². The molecule has 2 N–H and O–H groups in total. The zero-order valence-electron chi connectivity index (χ0n) is 15.7. The van der Waals surface area contributed by atoms with Gasteiger partial charge < -0.3 is 14.8 Å². The zero-order valence-corrected chi connectivity index (χ0v) is 15.7. The number of hydrogen-bond acceptors (Lipinski definition) is 5. The molecule has 0 bridgehead atoms. The molecular formula is C20H22N2O5. The highest BCUT2D eigenvalue weighted by Crippen LogP contribution is 2.23. The summed E-state index contributed by atoms with van der Waals surface area (Å²) in [7, 11) is 1.29. The molecule has 2 aromatic carbocycles. The van der Waals surface area contributed by atoms with Gasteiger partial charge in [-0.1, -0.05) is 12.1 Å². The molecule has 0 spiro atoms. The average Bonchev–Trinajstić information content (AvgIpc) is 2.61. The first-order chi connectivity index (χ1) is 12.7. The van der Waals surface area contributed by atoms with Gasteiger partial charge in [0, 0.05) is 5.56 Å². The summed E-state index contributed by atoms with van der Waals surface area (Å²) < 4.78 is 9.85. The second-order valence-corrected chi connectivity index (χ2v) is 6.70. The Labute approximate surface area is 157 Å². The fourth-order valence-corrected chi connectivity index (χ4v) is 2.18. The number of nitrogens with one attached hydrogen (secondary N) is 2. The van der Waals surface area contributed by atoms with Gasteiger partial charge in [-0.2, -0.15) is 0 Å². The van der Waals surface area contributed by atoms with E-state index in [2.05, 4.69) is 15.4 Å². The maximum Gasteiger partial charge on any atom is 0.412 e. The van der Waals surface area contributed by atoms with Crippen LogP contribution in [-0.4, -0.2) is 30.7 Å². The molecule has 142 valence electrons. The van der Waals surface area contributed by atoms with E-state index in [4.69, 9.17) is 4.74 Å². The number of methoxy groups -OCH3 is 1. The van der Waals surface area contributed by atoms with E-state index in [0.29, 0.717) is 22.5 Å². The van der Waals surface area contributed by atoms with E-state index in [0.717, 1.165) is 0 Å². The maximum atomic E-state index is 12.5. The standard InChI is InChI=1S/C20H22N2O5/c1-20(2,3)27-19(25)22-16-8-6-5-7-15(16)21-17(23)13-9-11-14(12-10-13)18(24)26-4/h5-12H,1-4H3,(H,21,23)(H,22,25). The first-order valence-corrected chi connectivity index (χ1v) is 8.28. The predicted octanol–water partition coefficient (Wildman–Crippen LogP) is 4.07. The van der Waals surface area contributed by atoms with E-state index in [1.165, 1.54) is 31.4 Å². The third-order valence-electron chi connectivity index (χ3n) is 3.38. The van der Waals surface area contributed by atoms with Crippen LogP contribution >= 0.6 is 0 Å². The molecule has 2 amide bonds. The first-order valence-electron chi connectivity index (χ1n) is 8.28. The molecule has 0 atom stereocenters. The highest BCUT2D eigenvalue weighted by atomic mass is 16.6. The summed E-state index contributed by atoms with van der Waals surface area (Å²) in [6, 6.07) is 12.8. The summed E-state index contributed by atoms with van der Waals surface area (Å²) in [4.78, 5) is 35.9. The fraction of sp³-hybridized carbons (Fsp3) is 0.250. The van der Waals surface area contributed by atoms with Crippen molar-refractivity contribution in [2.75, 3.05) is 17.7 Å². The summed E-state index contributed by atoms with van der Waals surface area (Å²) in [6.07, 6.45) is -0.619. The van der Waals surface area contributed by atoms with Gasteiger partial charge in [0.25, 0.3) is 5.91 Å². The SMILES string of the molecule is COC(=O)c1ccc(C(=O)Nc2ccccc2NC(=O)OC(C)(C)C)cc1. The zero-order chi connectivity index (χ0) is 20.0. The molecule has 0 fully saturated rings. The predicted molar refractivity (Wildman–Crippen MR) is 102 cm³/mol. The number of esters is 1. The van der Waals surface area contributed by atoms with Crippen LogP contribution in [0.15, 0.2) is 48.5 Å². The number of para-hydroxylation sites is 2. The Morgan fingerprint density at radius 1 is 0.815 bits per heavy atom. The summed E-state index contributed by atoms with van der Waals surface area (Å²) in [5, 5.41) is 5.35. The van der Waals surface area contributed by atoms with Crippen molar-refractivity contribution >= 4 is 29.3 Å². The van der Waals surface area contributed by atoms with E-state index in [-0.39, 0.29) is 5.91 Å². The minimum atomic E-state index is -0.635. The third-order valence-corrected chi connectivity index (χ3v) is 3.38. The number of amides is 2. The second-order valence-electron chi connectivity index (χ2n) is 6.70. The van der Waals surface area contributed by atoms with Crippen molar-refractivity contribution in [1.82, 2.24) is 0 Å². The lowest BCUT2D eigenvalue weighted by Gasteiger charge is -2.20. The number of rotatable bonds is 4. The molecule has 7 heteroatoms. The Kier molecular flexibility index (Phi) is 6.18. The van der Waals surface area contributed by atoms with Gasteiger partial charge in [0.05, 0.1) is 24.0 Å². The van der Waals surface area contributed by atoms with Crippen LogP contribution in [0.25, 0.3) is 0 Å². The molecule has 7 nitrogen and oxygen atoms in total. The molecule has 0 aliphatic heterocycles. The van der Waals surface area contributed by atoms with Crippen LogP contribution < -0.4 is 10.6 Å². The lowest BCUT2D eigenvalue weighted by Crippen LogP contribution is -2.27. The van der Waals surface area contributed by atoms with Crippen LogP contribution in [0, 0.1) is 0 Å². The molecule has 27 heavy (non-hydrogen) atoms. The summed E-state index contributed by atoms with van der Waals surface area (Å²) in [5.74, 6) is -0.862. The van der Waals surface area contributed by atoms with Crippen LogP contribution in [-0.2, 0) is 9.47 Å². The van der Waals surface area contributed by atoms with Gasteiger partial charge in [-0.3, -0.25) is 10.1 Å². The van der Waals surface area contributed by atoms with Crippen molar-refractivity contribution in [3.63, 3.8) is 0 Å². The molecule has 2 aromatic rings. The fourth-order valence-electron chi connectivity index (χ4n) is 2.18. The molecule has 0 saturated heterocycles. The first kappa shape index (κ1) is 20.0. The molecule has 0 aliphatic carbocycles. The van der Waals surface area contributed by atoms with E-state index in [9.17, 15) is 14.4 Å². The van der Waals surface area contributed by atoms with Crippen LogP contribution in [0.1, 0.15) is 41.5 Å². The van der Waals surface area contributed by atoms with Crippen molar-refractivity contribution in [3.8, 4) is 0 Å². The van der Waals surface area contributed by atoms with Gasteiger partial charge in [-0.05, 0) is 57.2 Å². The maximum absolute atomic E-state index is 12.5. The number of carbonyl (C=O) groups is 3. The summed E-state index contributed by atoms with van der Waals surface area (Å²) in [6.45, 7) is 5.29. The molecule has 2 rings (SSSR count). The molecule has 0 unspecified atom stereocenters. The van der Waals surface area contributed by atoms with Crippen LogP contribution in [0.3, 0.4) is 0 Å². The molecule has 0 saturated carbocycles. The van der Waals surface area contributed by atoms with E-state index in [1.54, 1.807) is 45.0 Å². The number of carbonyl (C=O) groups excluding carboxylic acids is 3. The quantitative estimate of drug-likeness (QED) is 0.791. The number of benzene rings is 2. The Hall–Kier alpha value is -3.35. The lowest BCUT2D eigenvalue weighted by molar-refractivity contribution is 0.0598. The number of anilines is 2. The topological polar surface area (TPSA) is 93.7 Å². The lowest BCUT2D eigenvalue weighted by atomic mass is 10.1. The Morgan fingerprint density at radius 2 is 1.33 bits per heavy atom. The van der Waals surface area contributed by atoms with Crippen molar-refractivity contribution < 1.29 is 23.9 Å². The van der Waals surface area contributed by atoms with Crippen molar-refractivity contribution in [2.24, 2.45) is 0 Å². The summed E-state index contributed by atoms with van der Waals surface area (Å²) in [5.41, 5.74) is 0.899.